The summed E-state index contributed by atoms with van der Waals surface area (Å²) in [5.74, 6) is -0.252. The van der Waals surface area contributed by atoms with Crippen molar-refractivity contribution in [3.05, 3.63) is 81.3 Å². The Morgan fingerprint density at radius 3 is 2.67 bits per heavy atom. The zero-order valence-electron chi connectivity index (χ0n) is 12.5. The summed E-state index contributed by atoms with van der Waals surface area (Å²) >= 11 is 7.57. The second kappa shape index (κ2) is 7.26. The average molecular weight is 354 g/mol. The molecule has 1 amide bonds. The van der Waals surface area contributed by atoms with Crippen molar-refractivity contribution < 1.29 is 4.79 Å². The number of halogens is 1. The first-order valence-electron chi connectivity index (χ1n) is 7.15. The maximum Gasteiger partial charge on any atom is 0.257 e. The van der Waals surface area contributed by atoms with E-state index in [0.29, 0.717) is 27.7 Å². The molecule has 0 aliphatic heterocycles. The van der Waals surface area contributed by atoms with Crippen LogP contribution in [0, 0.1) is 11.3 Å². The highest BCUT2D eigenvalue weighted by atomic mass is 35.5. The molecular weight excluding hydrogens is 342 g/mol. The number of thiazole rings is 1. The van der Waals surface area contributed by atoms with Crippen molar-refractivity contribution in [1.29, 1.82) is 5.26 Å². The average Bonchev–Trinajstić information content (AvgIpc) is 3.04. The third kappa shape index (κ3) is 3.80. The summed E-state index contributed by atoms with van der Waals surface area (Å²) < 4.78 is 0. The Hall–Kier alpha value is -2.68. The minimum Gasteiger partial charge on any atom is -0.298 e. The lowest BCUT2D eigenvalue weighted by Crippen LogP contribution is -2.11. The molecule has 0 unspecified atom stereocenters. The summed E-state index contributed by atoms with van der Waals surface area (Å²) in [6, 6.07) is 16.1. The molecule has 0 radical (unpaired) electrons. The fraction of sp³-hybridized carbons (Fsp3) is 0.0556. The second-order valence-corrected chi connectivity index (χ2v) is 6.57. The van der Waals surface area contributed by atoms with Crippen molar-refractivity contribution >= 4 is 34.0 Å². The Morgan fingerprint density at radius 1 is 1.21 bits per heavy atom. The van der Waals surface area contributed by atoms with E-state index in [1.165, 1.54) is 11.3 Å². The van der Waals surface area contributed by atoms with Gasteiger partial charge in [-0.3, -0.25) is 10.1 Å². The molecule has 0 atom stereocenters. The number of carbonyl (C=O) groups excluding carboxylic acids is 1. The van der Waals surface area contributed by atoms with E-state index in [4.69, 9.17) is 16.9 Å². The summed E-state index contributed by atoms with van der Waals surface area (Å²) in [4.78, 5) is 17.4. The summed E-state index contributed by atoms with van der Waals surface area (Å²) in [5, 5.41) is 12.8. The van der Waals surface area contributed by atoms with Gasteiger partial charge in [0.05, 0.1) is 11.6 Å². The highest BCUT2D eigenvalue weighted by Gasteiger charge is 2.10. The Bertz CT molecular complexity index is 913. The highest BCUT2D eigenvalue weighted by Crippen LogP contribution is 2.25. The predicted molar refractivity (Wildman–Crippen MR) is 95.5 cm³/mol. The summed E-state index contributed by atoms with van der Waals surface area (Å²) in [7, 11) is 0. The van der Waals surface area contributed by atoms with Gasteiger partial charge in [0.2, 0.25) is 0 Å². The zero-order valence-corrected chi connectivity index (χ0v) is 14.1. The lowest BCUT2D eigenvalue weighted by molar-refractivity contribution is 0.102. The van der Waals surface area contributed by atoms with Crippen LogP contribution in [0.2, 0.25) is 5.02 Å². The fourth-order valence-electron chi connectivity index (χ4n) is 2.14. The van der Waals surface area contributed by atoms with Crippen molar-refractivity contribution in [2.75, 3.05) is 5.32 Å². The monoisotopic (exact) mass is 353 g/mol. The SMILES string of the molecule is N#Cc1ccc(C(=O)Nc2ncc(Cc3ccccc3Cl)s2)cc1. The number of carbonyl (C=O) groups is 1. The minimum absolute atomic E-state index is 0.252. The number of anilines is 1. The van der Waals surface area contributed by atoms with Crippen LogP contribution in [0.1, 0.15) is 26.4 Å². The van der Waals surface area contributed by atoms with Crippen molar-refractivity contribution in [1.82, 2.24) is 4.98 Å². The zero-order chi connectivity index (χ0) is 16.9. The van der Waals surface area contributed by atoms with Crippen molar-refractivity contribution in [3.63, 3.8) is 0 Å². The smallest absolute Gasteiger partial charge is 0.257 e. The van der Waals surface area contributed by atoms with Crippen LogP contribution in [-0.4, -0.2) is 10.9 Å². The van der Waals surface area contributed by atoms with E-state index in [0.717, 1.165) is 10.4 Å². The lowest BCUT2D eigenvalue weighted by Gasteiger charge is -2.02. The molecule has 6 heteroatoms. The maximum atomic E-state index is 12.2. The van der Waals surface area contributed by atoms with E-state index >= 15 is 0 Å². The number of nitrogens with one attached hydrogen (secondary N) is 1. The van der Waals surface area contributed by atoms with Gasteiger partial charge in [0.15, 0.2) is 5.13 Å². The number of hydrogen-bond donors (Lipinski definition) is 1. The van der Waals surface area contributed by atoms with Crippen LogP contribution in [0.5, 0.6) is 0 Å². The molecule has 3 aromatic rings. The molecule has 0 fully saturated rings. The van der Waals surface area contributed by atoms with Crippen LogP contribution in [0.25, 0.3) is 0 Å². The molecule has 0 bridgehead atoms. The number of rotatable bonds is 4. The van der Waals surface area contributed by atoms with Crippen molar-refractivity contribution in [2.24, 2.45) is 0 Å². The largest absolute Gasteiger partial charge is 0.298 e. The molecule has 3 rings (SSSR count). The molecule has 24 heavy (non-hydrogen) atoms. The third-order valence-corrected chi connectivity index (χ3v) is 4.65. The number of nitrogens with zero attached hydrogens (tertiary/aromatic N) is 2. The molecule has 0 aliphatic carbocycles. The Balaban J connectivity index is 1.68. The number of hydrogen-bond acceptors (Lipinski definition) is 4. The van der Waals surface area contributed by atoms with Gasteiger partial charge in [-0.1, -0.05) is 29.8 Å². The van der Waals surface area contributed by atoms with Gasteiger partial charge in [-0.15, -0.1) is 11.3 Å². The molecule has 0 saturated heterocycles. The van der Waals surface area contributed by atoms with Gasteiger partial charge in [-0.2, -0.15) is 5.26 Å². The van der Waals surface area contributed by atoms with E-state index in [1.54, 1.807) is 30.5 Å². The normalized spacial score (nSPS) is 10.2. The third-order valence-electron chi connectivity index (χ3n) is 3.37. The molecule has 1 N–H and O–H groups in total. The summed E-state index contributed by atoms with van der Waals surface area (Å²) in [6.07, 6.45) is 2.41. The number of nitriles is 1. The molecule has 0 saturated carbocycles. The molecule has 1 aromatic heterocycles. The number of amides is 1. The molecule has 0 aliphatic rings. The Labute approximate surface area is 148 Å². The van der Waals surface area contributed by atoms with E-state index in [9.17, 15) is 4.79 Å². The fourth-order valence-corrected chi connectivity index (χ4v) is 3.18. The van der Waals surface area contributed by atoms with Gasteiger partial charge in [-0.25, -0.2) is 4.98 Å². The first-order valence-corrected chi connectivity index (χ1v) is 8.35. The van der Waals surface area contributed by atoms with Crippen molar-refractivity contribution in [2.45, 2.75) is 6.42 Å². The van der Waals surface area contributed by atoms with Gasteiger partial charge < -0.3 is 0 Å². The van der Waals surface area contributed by atoms with Gasteiger partial charge in [0.1, 0.15) is 0 Å². The van der Waals surface area contributed by atoms with Gasteiger partial charge in [0, 0.05) is 28.1 Å². The van der Waals surface area contributed by atoms with Crippen LogP contribution in [0.4, 0.5) is 5.13 Å². The molecule has 0 spiro atoms. The first-order chi connectivity index (χ1) is 11.7. The van der Waals surface area contributed by atoms with Crippen LogP contribution >= 0.6 is 22.9 Å². The van der Waals surface area contributed by atoms with E-state index in [-0.39, 0.29) is 5.91 Å². The van der Waals surface area contributed by atoms with Crippen molar-refractivity contribution in [3.8, 4) is 6.07 Å². The van der Waals surface area contributed by atoms with Crippen LogP contribution < -0.4 is 5.32 Å². The topological polar surface area (TPSA) is 65.8 Å². The minimum atomic E-state index is -0.252. The number of benzene rings is 2. The van der Waals surface area contributed by atoms with E-state index in [1.807, 2.05) is 30.3 Å². The van der Waals surface area contributed by atoms with E-state index in [2.05, 4.69) is 10.3 Å². The summed E-state index contributed by atoms with van der Waals surface area (Å²) in [6.45, 7) is 0. The number of aromatic nitrogens is 1. The second-order valence-electron chi connectivity index (χ2n) is 5.04. The molecule has 1 heterocycles. The quantitative estimate of drug-likeness (QED) is 0.750. The van der Waals surface area contributed by atoms with Gasteiger partial charge in [-0.05, 0) is 35.9 Å². The van der Waals surface area contributed by atoms with Crippen LogP contribution in [-0.2, 0) is 6.42 Å². The molecule has 2 aromatic carbocycles. The van der Waals surface area contributed by atoms with Crippen LogP contribution in [0.15, 0.2) is 54.7 Å². The lowest BCUT2D eigenvalue weighted by atomic mass is 10.1. The highest BCUT2D eigenvalue weighted by molar-refractivity contribution is 7.15. The van der Waals surface area contributed by atoms with Gasteiger partial charge >= 0.3 is 0 Å². The van der Waals surface area contributed by atoms with E-state index < -0.39 is 0 Å². The predicted octanol–water partition coefficient (Wildman–Crippen LogP) is 4.51. The molecular formula is C18H12ClN3OS. The summed E-state index contributed by atoms with van der Waals surface area (Å²) in [5.41, 5.74) is 2.02. The van der Waals surface area contributed by atoms with Gasteiger partial charge in [0.25, 0.3) is 5.91 Å². The van der Waals surface area contributed by atoms with Crippen LogP contribution in [0.3, 0.4) is 0 Å². The Morgan fingerprint density at radius 2 is 1.96 bits per heavy atom. The first kappa shape index (κ1) is 16.2. The standard InChI is InChI=1S/C18H12ClN3OS/c19-16-4-2-1-3-14(16)9-15-11-21-18(24-15)22-17(23)13-7-5-12(10-20)6-8-13/h1-8,11H,9H2,(H,21,22,23). The molecule has 4 nitrogen and oxygen atoms in total. The maximum absolute atomic E-state index is 12.2. The molecule has 118 valence electrons. The Kier molecular flexibility index (Phi) is 4.90.